The van der Waals surface area contributed by atoms with Crippen LogP contribution in [-0.2, 0) is 60.8 Å². The van der Waals surface area contributed by atoms with Crippen LogP contribution in [0.2, 0.25) is 0 Å². The number of para-hydroxylation sites is 1. The number of amides is 10. The Morgan fingerprint density at radius 1 is 0.500 bits per heavy atom. The van der Waals surface area contributed by atoms with Crippen molar-refractivity contribution in [3.8, 4) is 0 Å². The van der Waals surface area contributed by atoms with Crippen molar-refractivity contribution in [3.05, 3.63) is 71.4 Å². The van der Waals surface area contributed by atoms with Crippen LogP contribution in [-0.4, -0.2) is 154 Å². The van der Waals surface area contributed by atoms with Crippen molar-refractivity contribution in [1.29, 1.82) is 0 Å². The SMILES string of the molecule is CC(C)C[C@@H]1NC(=O)[C@H](CCCCN)NC(=O)[C@H](C(C)C)NC(=O)[C@@H]2CCCN2C(=O)[C@@H](Cc2ccccc2)NC(=O)[C@H](CC(C)C)NC(=O)[C@H](CCCCN)NC(=O)[C@H](C(C)C)NC(=O)[C@@H]2Cc3c([nH]c4ccccc34)C3C[C@H](NC1=O)C(=O)N32. The normalized spacial score (nSPS) is 27.1. The van der Waals surface area contributed by atoms with E-state index in [4.69, 9.17) is 11.5 Å². The van der Waals surface area contributed by atoms with Crippen LogP contribution in [0.15, 0.2) is 54.6 Å². The summed E-state index contributed by atoms with van der Waals surface area (Å²) in [5, 5.41) is 24.0. The van der Waals surface area contributed by atoms with Crippen LogP contribution in [0.1, 0.15) is 149 Å². The van der Waals surface area contributed by atoms with E-state index in [9.17, 15) is 43.2 Å². The quantitative estimate of drug-likeness (QED) is 0.0920. The molecule has 86 heavy (non-hydrogen) atoms. The predicted molar refractivity (Wildman–Crippen MR) is 325 cm³/mol. The third kappa shape index (κ3) is 16.4. The molecule has 470 valence electrons. The maximum atomic E-state index is 15.0. The second-order valence-corrected chi connectivity index (χ2v) is 25.3. The van der Waals surface area contributed by atoms with Gasteiger partial charge in [-0.1, -0.05) is 104 Å². The minimum atomic E-state index is -1.22. The van der Waals surface area contributed by atoms with Gasteiger partial charge in [-0.25, -0.2) is 0 Å². The Morgan fingerprint density at radius 3 is 1.52 bits per heavy atom. The summed E-state index contributed by atoms with van der Waals surface area (Å²) in [6.45, 7) is 15.3. The van der Waals surface area contributed by atoms with Gasteiger partial charge >= 0.3 is 0 Å². The molecule has 10 amide bonds. The average Bonchev–Trinajstić information content (AvgIpc) is 1.62. The molecule has 23 nitrogen and oxygen atoms in total. The Hall–Kier alpha value is -7.40. The number of hydrogen-bond acceptors (Lipinski definition) is 12. The molecule has 0 spiro atoms. The molecular weight excluding hydrogens is 1100 g/mol. The van der Waals surface area contributed by atoms with Gasteiger partial charge in [-0.15, -0.1) is 0 Å². The molecular formula is C63H93N13O10. The molecule has 2 bridgehead atoms. The maximum Gasteiger partial charge on any atom is 0.246 e. The van der Waals surface area contributed by atoms with Gasteiger partial charge in [-0.3, -0.25) is 47.9 Å². The molecule has 11 atom stereocenters. The fourth-order valence-electron chi connectivity index (χ4n) is 12.4. The van der Waals surface area contributed by atoms with Crippen molar-refractivity contribution in [2.24, 2.45) is 35.1 Å². The van der Waals surface area contributed by atoms with Crippen LogP contribution in [0, 0.1) is 23.7 Å². The number of nitrogens with one attached hydrogen (secondary N) is 9. The molecule has 5 heterocycles. The number of carbonyl (C=O) groups is 10. The lowest BCUT2D eigenvalue weighted by Gasteiger charge is -2.37. The summed E-state index contributed by atoms with van der Waals surface area (Å²) in [7, 11) is 0. The summed E-state index contributed by atoms with van der Waals surface area (Å²) < 4.78 is 0. The van der Waals surface area contributed by atoms with Crippen molar-refractivity contribution in [2.45, 2.75) is 205 Å². The molecule has 0 radical (unpaired) electrons. The van der Waals surface area contributed by atoms with E-state index in [1.165, 1.54) is 9.80 Å². The number of hydrogen-bond donors (Lipinski definition) is 11. The number of nitrogens with two attached hydrogens (primary N) is 2. The third-order valence-corrected chi connectivity index (χ3v) is 16.9. The lowest BCUT2D eigenvalue weighted by molar-refractivity contribution is -0.143. The molecule has 3 aromatic rings. The fourth-order valence-corrected chi connectivity index (χ4v) is 12.4. The number of aromatic nitrogens is 1. The van der Waals surface area contributed by atoms with Gasteiger partial charge in [0.2, 0.25) is 59.1 Å². The fraction of sp³-hybridized carbons (Fsp3) is 0.619. The highest BCUT2D eigenvalue weighted by molar-refractivity contribution is 6.01. The standard InChI is InChI=1S/C63H93N13O10/c1-34(2)29-44-56(79)71-46(31-38-19-10-9-11-20-38)62(85)75-28-18-25-48(75)58(81)73-51(36(5)6)60(83)67-42(23-14-16-26-64)55(78)70-45(30-35(3)4)57(80)72-47-33-49-53-40(39-21-12-13-22-41(39)66-53)32-50(76(49)63(47)86)59(82)74-52(37(7)8)61(84)68-43(54(77)69-44)24-15-17-27-65/h9-13,19-22,34-37,42-52,66H,14-18,23-33,64-65H2,1-8H3,(H,67,83)(H,68,84)(H,69,77)(H,70,78)(H,71,79)(H,72,80)(H,73,81)(H,74,82)/t42-,43-,44-,45-,46+,47-,48-,49?,50-,51-,52-/m0/s1. The molecule has 0 saturated carbocycles. The smallest absolute Gasteiger partial charge is 0.246 e. The Balaban J connectivity index is 1.28. The van der Waals surface area contributed by atoms with Gasteiger partial charge < -0.3 is 68.8 Å². The Kier molecular flexibility index (Phi) is 23.3. The zero-order chi connectivity index (χ0) is 62.5. The van der Waals surface area contributed by atoms with Gasteiger partial charge in [-0.2, -0.15) is 0 Å². The van der Waals surface area contributed by atoms with Crippen LogP contribution < -0.4 is 54.0 Å². The second-order valence-electron chi connectivity index (χ2n) is 25.3. The first-order valence-electron chi connectivity index (χ1n) is 31.1. The van der Waals surface area contributed by atoms with Crippen molar-refractivity contribution >= 4 is 70.0 Å². The van der Waals surface area contributed by atoms with Crippen molar-refractivity contribution in [1.82, 2.24) is 57.3 Å². The number of H-pyrrole nitrogens is 1. The lowest BCUT2D eigenvalue weighted by atomic mass is 9.91. The summed E-state index contributed by atoms with van der Waals surface area (Å²) in [4.78, 5) is 154. The van der Waals surface area contributed by atoms with Gasteiger partial charge in [-0.05, 0) is 118 Å². The van der Waals surface area contributed by atoms with Gasteiger partial charge in [0.25, 0.3) is 0 Å². The Morgan fingerprint density at radius 2 is 0.988 bits per heavy atom. The number of nitrogens with zero attached hydrogens (tertiary/aromatic N) is 2. The molecule has 4 aliphatic heterocycles. The average molecular weight is 1190 g/mol. The minimum Gasteiger partial charge on any atom is -0.356 e. The Bertz CT molecular complexity index is 2910. The first-order chi connectivity index (χ1) is 41.0. The number of rotatable bonds is 16. The summed E-state index contributed by atoms with van der Waals surface area (Å²) in [5.74, 6) is -7.68. The van der Waals surface area contributed by atoms with Gasteiger partial charge in [0.1, 0.15) is 60.4 Å². The monoisotopic (exact) mass is 1190 g/mol. The largest absolute Gasteiger partial charge is 0.356 e. The van der Waals surface area contributed by atoms with Crippen LogP contribution in [0.5, 0.6) is 0 Å². The van der Waals surface area contributed by atoms with E-state index < -0.39 is 137 Å². The zero-order valence-corrected chi connectivity index (χ0v) is 51.3. The number of aromatic amines is 1. The highest BCUT2D eigenvalue weighted by Gasteiger charge is 2.52. The Labute approximate surface area is 504 Å². The minimum absolute atomic E-state index is 0.0277. The molecule has 1 unspecified atom stereocenters. The van der Waals surface area contributed by atoms with Crippen molar-refractivity contribution in [3.63, 3.8) is 0 Å². The highest BCUT2D eigenvalue weighted by Crippen LogP contribution is 2.44. The van der Waals surface area contributed by atoms with E-state index in [-0.39, 0.29) is 69.7 Å². The van der Waals surface area contributed by atoms with Crippen LogP contribution in [0.25, 0.3) is 10.9 Å². The van der Waals surface area contributed by atoms with Crippen molar-refractivity contribution in [2.75, 3.05) is 19.6 Å². The van der Waals surface area contributed by atoms with E-state index in [1.807, 2.05) is 70.2 Å². The maximum absolute atomic E-state index is 15.0. The zero-order valence-electron chi connectivity index (χ0n) is 51.3. The number of carbonyl (C=O) groups excluding carboxylic acids is 10. The molecule has 23 heteroatoms. The van der Waals surface area contributed by atoms with E-state index in [0.29, 0.717) is 56.5 Å². The molecule has 2 aromatic carbocycles. The van der Waals surface area contributed by atoms with E-state index >= 15 is 4.79 Å². The number of fused-ring (bicyclic) bond motifs is 6. The molecule has 3 saturated heterocycles. The predicted octanol–water partition coefficient (Wildman–Crippen LogP) is 2.15. The first kappa shape index (κ1) is 66.1. The summed E-state index contributed by atoms with van der Waals surface area (Å²) in [6.07, 6.45) is 3.25. The molecule has 7 rings (SSSR count). The van der Waals surface area contributed by atoms with Gasteiger partial charge in [0, 0.05) is 42.4 Å². The number of unbranched alkanes of at least 4 members (excludes halogenated alkanes) is 2. The molecule has 0 aliphatic carbocycles. The summed E-state index contributed by atoms with van der Waals surface area (Å²) in [5.41, 5.74) is 14.8. The van der Waals surface area contributed by atoms with Crippen LogP contribution in [0.4, 0.5) is 0 Å². The number of benzene rings is 2. The van der Waals surface area contributed by atoms with Gasteiger partial charge in [0.05, 0.1) is 6.04 Å². The van der Waals surface area contributed by atoms with Crippen molar-refractivity contribution < 1.29 is 47.9 Å². The van der Waals surface area contributed by atoms with Crippen LogP contribution >= 0.6 is 0 Å². The van der Waals surface area contributed by atoms with E-state index in [1.54, 1.807) is 39.8 Å². The molecule has 13 N–H and O–H groups in total. The second kappa shape index (κ2) is 30.3. The van der Waals surface area contributed by atoms with Crippen LogP contribution in [0.3, 0.4) is 0 Å². The van der Waals surface area contributed by atoms with Gasteiger partial charge in [0.15, 0.2) is 0 Å². The third-order valence-electron chi connectivity index (χ3n) is 16.9. The molecule has 3 fully saturated rings. The topological polar surface area (TPSA) is 341 Å². The van der Waals surface area contributed by atoms with E-state index in [2.05, 4.69) is 47.5 Å². The molecule has 4 aliphatic rings. The molecule has 1 aromatic heterocycles. The summed E-state index contributed by atoms with van der Waals surface area (Å²) in [6, 6.07) is 4.13. The lowest BCUT2D eigenvalue weighted by Crippen LogP contribution is -2.62. The highest BCUT2D eigenvalue weighted by atomic mass is 16.2. The summed E-state index contributed by atoms with van der Waals surface area (Å²) >= 11 is 0. The first-order valence-corrected chi connectivity index (χ1v) is 31.1. The van der Waals surface area contributed by atoms with E-state index in [0.717, 1.165) is 16.5 Å².